The Kier molecular flexibility index (Phi) is 2.81. The van der Waals surface area contributed by atoms with E-state index in [4.69, 9.17) is 4.74 Å². The molecule has 1 amide bonds. The topological polar surface area (TPSA) is 42.4 Å². The highest BCUT2D eigenvalue weighted by Crippen LogP contribution is 2.30. The fraction of sp³-hybridized carbons (Fsp3) is 0.400. The molecule has 1 unspecified atom stereocenters. The molecule has 0 spiro atoms. The summed E-state index contributed by atoms with van der Waals surface area (Å²) in [5, 5.41) is 0.0995. The van der Waals surface area contributed by atoms with Gasteiger partial charge in [-0.2, -0.15) is 12.6 Å². The highest BCUT2D eigenvalue weighted by molar-refractivity contribution is 7.81. The Labute approximate surface area is 93.7 Å². The van der Waals surface area contributed by atoms with Crippen molar-refractivity contribution in [3.63, 3.8) is 0 Å². The van der Waals surface area contributed by atoms with Crippen LogP contribution in [0.25, 0.3) is 0 Å². The fourth-order valence-corrected chi connectivity index (χ4v) is 1.99. The third-order valence-electron chi connectivity index (χ3n) is 2.34. The number of hydrogen-bond acceptors (Lipinski definition) is 4. The molecule has 0 aromatic carbocycles. The van der Waals surface area contributed by atoms with Crippen LogP contribution < -0.4 is 9.64 Å². The number of amides is 1. The smallest absolute Gasteiger partial charge is 0.237 e. The highest BCUT2D eigenvalue weighted by Gasteiger charge is 2.30. The van der Waals surface area contributed by atoms with Gasteiger partial charge < -0.3 is 9.64 Å². The molecule has 1 saturated heterocycles. The van der Waals surface area contributed by atoms with Crippen molar-refractivity contribution in [2.45, 2.75) is 11.7 Å². The summed E-state index contributed by atoms with van der Waals surface area (Å²) in [5.41, 5.74) is 0.724. The lowest BCUT2D eigenvalue weighted by Gasteiger charge is -2.17. The molecule has 0 N–H and O–H groups in total. The summed E-state index contributed by atoms with van der Waals surface area (Å²) in [6, 6.07) is 3.62. The van der Waals surface area contributed by atoms with Crippen LogP contribution in [0.15, 0.2) is 18.3 Å². The maximum atomic E-state index is 11.6. The van der Waals surface area contributed by atoms with E-state index in [-0.39, 0.29) is 11.2 Å². The van der Waals surface area contributed by atoms with Crippen LogP contribution >= 0.6 is 12.6 Å². The van der Waals surface area contributed by atoms with Crippen LogP contribution in [0.4, 0.5) is 5.69 Å². The van der Waals surface area contributed by atoms with Gasteiger partial charge in [0.25, 0.3) is 0 Å². The molecule has 1 aromatic heterocycles. The van der Waals surface area contributed by atoms with E-state index in [1.807, 2.05) is 6.07 Å². The van der Waals surface area contributed by atoms with Gasteiger partial charge in [0.05, 0.1) is 7.11 Å². The third-order valence-corrected chi connectivity index (χ3v) is 2.69. The molecular weight excluding hydrogens is 212 g/mol. The summed E-state index contributed by atoms with van der Waals surface area (Å²) in [4.78, 5) is 17.4. The Morgan fingerprint density at radius 3 is 3.07 bits per heavy atom. The van der Waals surface area contributed by atoms with Crippen LogP contribution in [0.2, 0.25) is 0 Å². The number of ether oxygens (including phenoxy) is 1. The number of aromatic nitrogens is 1. The molecule has 0 aliphatic carbocycles. The Bertz CT molecular complexity index is 383. The maximum absolute atomic E-state index is 11.6. The second-order valence-corrected chi connectivity index (χ2v) is 4.12. The zero-order valence-corrected chi connectivity index (χ0v) is 9.28. The Balaban J connectivity index is 2.33. The lowest BCUT2D eigenvalue weighted by Crippen LogP contribution is -2.25. The summed E-state index contributed by atoms with van der Waals surface area (Å²) in [6.45, 7) is 0.615. The molecular formula is C10H12N2O2S. The molecule has 1 aliphatic rings. The first-order valence-corrected chi connectivity index (χ1v) is 5.21. The van der Waals surface area contributed by atoms with Crippen molar-refractivity contribution in [3.05, 3.63) is 18.3 Å². The molecule has 0 radical (unpaired) electrons. The highest BCUT2D eigenvalue weighted by atomic mass is 32.1. The average molecular weight is 224 g/mol. The van der Waals surface area contributed by atoms with E-state index >= 15 is 0 Å². The summed E-state index contributed by atoms with van der Waals surface area (Å²) in [6.07, 6.45) is 2.11. The second kappa shape index (κ2) is 4.10. The van der Waals surface area contributed by atoms with Gasteiger partial charge >= 0.3 is 0 Å². The minimum Gasteiger partial charge on any atom is -0.480 e. The van der Waals surface area contributed by atoms with Gasteiger partial charge in [-0.25, -0.2) is 4.98 Å². The molecule has 1 fully saturated rings. The van der Waals surface area contributed by atoms with Gasteiger partial charge in [0.1, 0.15) is 5.69 Å². The molecule has 2 rings (SSSR count). The number of thiol groups is 1. The van der Waals surface area contributed by atoms with Crippen molar-refractivity contribution >= 4 is 24.2 Å². The van der Waals surface area contributed by atoms with E-state index < -0.39 is 0 Å². The van der Waals surface area contributed by atoms with Crippen molar-refractivity contribution in [2.24, 2.45) is 0 Å². The maximum Gasteiger partial charge on any atom is 0.237 e. The van der Waals surface area contributed by atoms with Gasteiger partial charge in [0.2, 0.25) is 11.8 Å². The lowest BCUT2D eigenvalue weighted by atomic mass is 10.3. The second-order valence-electron chi connectivity index (χ2n) is 3.39. The van der Waals surface area contributed by atoms with E-state index in [1.54, 1.807) is 24.3 Å². The van der Waals surface area contributed by atoms with Crippen LogP contribution in [0.3, 0.4) is 0 Å². The summed E-state index contributed by atoms with van der Waals surface area (Å²) in [7, 11) is 1.55. The van der Waals surface area contributed by atoms with Crippen molar-refractivity contribution in [2.75, 3.05) is 18.6 Å². The van der Waals surface area contributed by atoms with E-state index in [0.717, 1.165) is 5.69 Å². The van der Waals surface area contributed by atoms with E-state index in [1.165, 1.54) is 0 Å². The molecule has 1 aromatic rings. The van der Waals surface area contributed by atoms with E-state index in [9.17, 15) is 4.79 Å². The molecule has 15 heavy (non-hydrogen) atoms. The van der Waals surface area contributed by atoms with E-state index in [0.29, 0.717) is 18.8 Å². The molecule has 1 atom stereocenters. The Hall–Kier alpha value is -1.23. The normalized spacial score (nSPS) is 20.8. The van der Waals surface area contributed by atoms with Crippen LogP contribution in [0.1, 0.15) is 6.42 Å². The minimum absolute atomic E-state index is 0.0706. The molecule has 1 aliphatic heterocycles. The van der Waals surface area contributed by atoms with Gasteiger partial charge in [0.15, 0.2) is 0 Å². The summed E-state index contributed by atoms with van der Waals surface area (Å²) >= 11 is 4.30. The predicted octanol–water partition coefficient (Wildman–Crippen LogP) is 1.13. The van der Waals surface area contributed by atoms with Crippen molar-refractivity contribution < 1.29 is 9.53 Å². The van der Waals surface area contributed by atoms with Crippen LogP contribution in [-0.4, -0.2) is 29.8 Å². The van der Waals surface area contributed by atoms with Gasteiger partial charge in [-0.15, -0.1) is 0 Å². The monoisotopic (exact) mass is 224 g/mol. The van der Waals surface area contributed by atoms with Crippen LogP contribution in [0.5, 0.6) is 5.88 Å². The first-order valence-electron chi connectivity index (χ1n) is 4.70. The zero-order valence-electron chi connectivity index (χ0n) is 8.38. The molecule has 4 nitrogen and oxygen atoms in total. The Morgan fingerprint density at radius 2 is 2.47 bits per heavy atom. The largest absolute Gasteiger partial charge is 0.480 e. The third kappa shape index (κ3) is 1.92. The van der Waals surface area contributed by atoms with Crippen LogP contribution in [-0.2, 0) is 4.79 Å². The van der Waals surface area contributed by atoms with Crippen molar-refractivity contribution in [1.29, 1.82) is 0 Å². The molecule has 5 heteroatoms. The average Bonchev–Trinajstić information content (AvgIpc) is 2.57. The minimum atomic E-state index is 0.0706. The van der Waals surface area contributed by atoms with Crippen molar-refractivity contribution in [1.82, 2.24) is 4.98 Å². The van der Waals surface area contributed by atoms with Gasteiger partial charge in [-0.1, -0.05) is 0 Å². The standard InChI is InChI=1S/C10H12N2O2S/c1-14-10-8(3-2-4-11-10)12-6-7(15)5-9(12)13/h2-4,7,15H,5-6H2,1H3. The summed E-state index contributed by atoms with van der Waals surface area (Å²) < 4.78 is 5.11. The molecule has 0 bridgehead atoms. The Morgan fingerprint density at radius 1 is 1.67 bits per heavy atom. The van der Waals surface area contributed by atoms with Crippen molar-refractivity contribution in [3.8, 4) is 5.88 Å². The molecule has 80 valence electrons. The number of carbonyl (C=O) groups is 1. The van der Waals surface area contributed by atoms with Gasteiger partial charge in [0, 0.05) is 24.4 Å². The number of pyridine rings is 1. The number of rotatable bonds is 2. The van der Waals surface area contributed by atoms with Gasteiger partial charge in [-0.05, 0) is 12.1 Å². The first kappa shape index (κ1) is 10.3. The molecule has 2 heterocycles. The SMILES string of the molecule is COc1ncccc1N1CC(S)CC1=O. The predicted molar refractivity (Wildman–Crippen MR) is 60.5 cm³/mol. The number of anilines is 1. The quantitative estimate of drug-likeness (QED) is 0.766. The number of nitrogens with zero attached hydrogens (tertiary/aromatic N) is 2. The first-order chi connectivity index (χ1) is 7.22. The zero-order chi connectivity index (χ0) is 10.8. The van der Waals surface area contributed by atoms with E-state index in [2.05, 4.69) is 17.6 Å². The number of hydrogen-bond donors (Lipinski definition) is 1. The lowest BCUT2D eigenvalue weighted by molar-refractivity contribution is -0.117. The fourth-order valence-electron chi connectivity index (χ4n) is 1.67. The number of carbonyl (C=O) groups excluding carboxylic acids is 1. The van der Waals surface area contributed by atoms with Crippen LogP contribution in [0, 0.1) is 0 Å². The summed E-state index contributed by atoms with van der Waals surface area (Å²) in [5.74, 6) is 0.551. The molecule has 0 saturated carbocycles. The van der Waals surface area contributed by atoms with Gasteiger partial charge in [-0.3, -0.25) is 4.79 Å². The number of methoxy groups -OCH3 is 1.